The van der Waals surface area contributed by atoms with Crippen LogP contribution in [0.4, 0.5) is 17.1 Å². The normalized spacial score (nSPS) is 11.3. The number of rotatable bonds is 9. The van der Waals surface area contributed by atoms with E-state index in [2.05, 4.69) is 241 Å². The van der Waals surface area contributed by atoms with Gasteiger partial charge in [0.1, 0.15) is 0 Å². The molecule has 0 aliphatic rings. The monoisotopic (exact) mass is 751 g/mol. The fourth-order valence-electron chi connectivity index (χ4n) is 7.98. The van der Waals surface area contributed by atoms with Crippen LogP contribution in [0.5, 0.6) is 0 Å². The smallest absolute Gasteiger partial charge is 0.0468 e. The number of nitrogens with zero attached hydrogens (tertiary/aromatic N) is 1. The van der Waals surface area contributed by atoms with E-state index in [9.17, 15) is 0 Å². The van der Waals surface area contributed by atoms with Gasteiger partial charge in [-0.2, -0.15) is 0 Å². The first kappa shape index (κ1) is 33.4. The average Bonchev–Trinajstić information content (AvgIpc) is 3.26. The fourth-order valence-corrected chi connectivity index (χ4v) is 17.9. The molecule has 9 rings (SSSR count). The summed E-state index contributed by atoms with van der Waals surface area (Å²) in [6.07, 6.45) is 0. The number of fused-ring (bicyclic) bond motifs is 1. The maximum Gasteiger partial charge on any atom is 0.0468 e. The van der Waals surface area contributed by atoms with Crippen molar-refractivity contribution >= 4 is 58.7 Å². The van der Waals surface area contributed by atoms with Crippen LogP contribution in [0.25, 0.3) is 33.0 Å². The second-order valence-electron chi connectivity index (χ2n) is 13.8. The summed E-state index contributed by atoms with van der Waals surface area (Å²) in [6, 6.07) is 86.7. The van der Waals surface area contributed by atoms with E-state index >= 15 is 0 Å². The van der Waals surface area contributed by atoms with E-state index in [1.165, 1.54) is 50.6 Å². The molecular formula is C52H39GeN. The SMILES string of the molecule is c1ccc(N(c2ccc(-c3ccc(-c4cc[c]([Ge]([c]5ccccc5)([c]5ccccc5)[c]5ccccc5)cc4)cc3)cc2)c2ccc3ccccc3c2)cc1. The van der Waals surface area contributed by atoms with Crippen LogP contribution in [0.1, 0.15) is 0 Å². The van der Waals surface area contributed by atoms with Crippen molar-refractivity contribution in [1.82, 2.24) is 0 Å². The Hall–Kier alpha value is -6.42. The van der Waals surface area contributed by atoms with Crippen molar-refractivity contribution in [3.63, 3.8) is 0 Å². The van der Waals surface area contributed by atoms with E-state index < -0.39 is 13.3 Å². The van der Waals surface area contributed by atoms with Gasteiger partial charge in [-0.05, 0) is 35.0 Å². The Morgan fingerprint density at radius 2 is 0.574 bits per heavy atom. The molecule has 0 fully saturated rings. The Morgan fingerprint density at radius 3 is 1.06 bits per heavy atom. The van der Waals surface area contributed by atoms with Gasteiger partial charge in [-0.1, -0.05) is 48.5 Å². The van der Waals surface area contributed by atoms with Crippen LogP contribution in [0.15, 0.2) is 237 Å². The second-order valence-corrected chi connectivity index (χ2v) is 21.7. The van der Waals surface area contributed by atoms with Gasteiger partial charge in [-0.15, -0.1) is 0 Å². The third-order valence-electron chi connectivity index (χ3n) is 10.6. The largest absolute Gasteiger partial charge is 0.0616 e. The van der Waals surface area contributed by atoms with Crippen molar-refractivity contribution < 1.29 is 0 Å². The number of benzene rings is 9. The zero-order chi connectivity index (χ0) is 36.2. The molecule has 0 unspecified atom stereocenters. The first-order chi connectivity index (χ1) is 26.8. The predicted octanol–water partition coefficient (Wildman–Crippen LogP) is 11.0. The minimum absolute atomic E-state index is 1.12. The van der Waals surface area contributed by atoms with Crippen molar-refractivity contribution in [1.29, 1.82) is 0 Å². The molecule has 0 saturated carbocycles. The molecule has 0 amide bonds. The molecule has 256 valence electrons. The molecular weight excluding hydrogens is 711 g/mol. The van der Waals surface area contributed by atoms with Gasteiger partial charge in [0.25, 0.3) is 0 Å². The summed E-state index contributed by atoms with van der Waals surface area (Å²) in [5.41, 5.74) is 8.22. The second kappa shape index (κ2) is 14.9. The topological polar surface area (TPSA) is 3.24 Å². The zero-order valence-corrected chi connectivity index (χ0v) is 32.1. The van der Waals surface area contributed by atoms with E-state index in [1.54, 1.807) is 0 Å². The minimum Gasteiger partial charge on any atom is -0.0616 e. The van der Waals surface area contributed by atoms with Gasteiger partial charge in [0.2, 0.25) is 0 Å². The fraction of sp³-hybridized carbons (Fsp3) is 0. The summed E-state index contributed by atoms with van der Waals surface area (Å²) in [5.74, 6) is 0. The molecule has 0 heterocycles. The van der Waals surface area contributed by atoms with Crippen LogP contribution < -0.4 is 22.5 Å². The molecule has 0 saturated heterocycles. The summed E-state index contributed by atoms with van der Waals surface area (Å²) < 4.78 is 5.72. The molecule has 1 nitrogen and oxygen atoms in total. The standard InChI is InChI=1S/C52H39GeN/c1-5-17-46(18-6-1)53(47-19-7-2-8-20-47,48-21-9-3-10-22-48)49-34-29-43(30-35-49)41-25-27-42(28-26-41)44-31-36-51(37-32-44)54(50-23-11-4-12-24-50)52-38-33-40-15-13-14-16-45(40)39-52/h1-39H. The number of anilines is 3. The van der Waals surface area contributed by atoms with Crippen LogP contribution in [0.2, 0.25) is 0 Å². The molecule has 0 aliphatic heterocycles. The maximum atomic E-state index is 2.39. The van der Waals surface area contributed by atoms with Crippen LogP contribution >= 0.6 is 0 Å². The third-order valence-corrected chi connectivity index (χ3v) is 20.7. The van der Waals surface area contributed by atoms with Gasteiger partial charge in [0, 0.05) is 11.4 Å². The molecule has 9 aromatic carbocycles. The molecule has 9 aromatic rings. The van der Waals surface area contributed by atoms with Crippen molar-refractivity contribution in [3.8, 4) is 22.3 Å². The first-order valence-corrected chi connectivity index (χ1v) is 22.8. The summed E-state index contributed by atoms with van der Waals surface area (Å²) in [4.78, 5) is 2.33. The zero-order valence-electron chi connectivity index (χ0n) is 30.0. The Bertz CT molecular complexity index is 2510. The number of hydrogen-bond donors (Lipinski definition) is 0. The first-order valence-electron chi connectivity index (χ1n) is 18.6. The van der Waals surface area contributed by atoms with Crippen LogP contribution in [-0.2, 0) is 0 Å². The van der Waals surface area contributed by atoms with Gasteiger partial charge in [0.05, 0.1) is 0 Å². The van der Waals surface area contributed by atoms with Gasteiger partial charge in [-0.25, -0.2) is 0 Å². The van der Waals surface area contributed by atoms with Gasteiger partial charge >= 0.3 is 223 Å². The summed E-state index contributed by atoms with van der Waals surface area (Å²) in [7, 11) is 0. The van der Waals surface area contributed by atoms with Crippen molar-refractivity contribution in [2.24, 2.45) is 0 Å². The third kappa shape index (κ3) is 6.34. The van der Waals surface area contributed by atoms with Crippen molar-refractivity contribution in [3.05, 3.63) is 237 Å². The molecule has 0 spiro atoms. The molecule has 0 atom stereocenters. The van der Waals surface area contributed by atoms with Gasteiger partial charge in [0.15, 0.2) is 0 Å². The van der Waals surface area contributed by atoms with Gasteiger partial charge in [-0.3, -0.25) is 0 Å². The molecule has 2 heteroatoms. The summed E-state index contributed by atoms with van der Waals surface area (Å²) >= 11 is -3.28. The van der Waals surface area contributed by atoms with Crippen LogP contribution in [-0.4, -0.2) is 13.3 Å². The quantitative estimate of drug-likeness (QED) is 0.133. The summed E-state index contributed by atoms with van der Waals surface area (Å²) in [5, 5.41) is 2.47. The Labute approximate surface area is 320 Å². The Balaban J connectivity index is 1.02. The Kier molecular flexibility index (Phi) is 9.23. The van der Waals surface area contributed by atoms with Crippen LogP contribution in [0, 0.1) is 0 Å². The van der Waals surface area contributed by atoms with E-state index in [-0.39, 0.29) is 0 Å². The molecule has 54 heavy (non-hydrogen) atoms. The number of hydrogen-bond acceptors (Lipinski definition) is 1. The average molecular weight is 751 g/mol. The van der Waals surface area contributed by atoms with E-state index in [4.69, 9.17) is 0 Å². The molecule has 0 N–H and O–H groups in total. The molecule has 0 aliphatic carbocycles. The van der Waals surface area contributed by atoms with Gasteiger partial charge < -0.3 is 4.90 Å². The van der Waals surface area contributed by atoms with E-state index in [0.29, 0.717) is 0 Å². The predicted molar refractivity (Wildman–Crippen MR) is 233 cm³/mol. The Morgan fingerprint density at radius 1 is 0.241 bits per heavy atom. The molecule has 0 bridgehead atoms. The number of para-hydroxylation sites is 1. The van der Waals surface area contributed by atoms with E-state index in [1.807, 2.05) is 0 Å². The minimum atomic E-state index is -3.28. The summed E-state index contributed by atoms with van der Waals surface area (Å²) in [6.45, 7) is 0. The molecule has 0 aromatic heterocycles. The van der Waals surface area contributed by atoms with E-state index in [0.717, 1.165) is 17.1 Å². The maximum absolute atomic E-state index is 3.28. The van der Waals surface area contributed by atoms with Crippen molar-refractivity contribution in [2.75, 3.05) is 4.90 Å². The van der Waals surface area contributed by atoms with Crippen molar-refractivity contribution in [2.45, 2.75) is 0 Å². The molecule has 0 radical (unpaired) electrons. The van der Waals surface area contributed by atoms with Crippen LogP contribution in [0.3, 0.4) is 0 Å².